The SMILES string of the molecule is COc1cc(C)c(/C=C/C(C)=C/C=C/C(C)=C/C(=O)N(C(=O)NC2CCCCC2)C2CCCCC2)c(C)c1C. The Morgan fingerprint density at radius 2 is 1.54 bits per heavy atom. The van der Waals surface area contributed by atoms with Gasteiger partial charge in [0.05, 0.1) is 7.11 Å². The number of nitrogens with zero attached hydrogens (tertiary/aromatic N) is 1. The number of hydrogen-bond acceptors (Lipinski definition) is 3. The van der Waals surface area contributed by atoms with Gasteiger partial charge in [-0.1, -0.05) is 74.5 Å². The molecule has 2 aliphatic rings. The predicted molar refractivity (Wildman–Crippen MR) is 162 cm³/mol. The van der Waals surface area contributed by atoms with E-state index in [0.29, 0.717) is 0 Å². The number of benzene rings is 1. The van der Waals surface area contributed by atoms with Gasteiger partial charge in [0, 0.05) is 18.2 Å². The number of hydrogen-bond donors (Lipinski definition) is 1. The first-order valence-corrected chi connectivity index (χ1v) is 14.7. The lowest BCUT2D eigenvalue weighted by atomic mass is 9.93. The third-order valence-electron chi connectivity index (χ3n) is 8.24. The lowest BCUT2D eigenvalue weighted by Gasteiger charge is -2.34. The van der Waals surface area contributed by atoms with Crippen molar-refractivity contribution in [3.8, 4) is 5.75 Å². The second-order valence-electron chi connectivity index (χ2n) is 11.3. The second-order valence-corrected chi connectivity index (χ2v) is 11.3. The normalized spacial score (nSPS) is 18.1. The molecular weight excluding hydrogens is 484 g/mol. The van der Waals surface area contributed by atoms with E-state index in [1.807, 2.05) is 25.2 Å². The van der Waals surface area contributed by atoms with E-state index in [0.717, 1.165) is 73.8 Å². The molecule has 5 heteroatoms. The zero-order valence-corrected chi connectivity index (χ0v) is 24.9. The van der Waals surface area contributed by atoms with Gasteiger partial charge in [0.15, 0.2) is 0 Å². The topological polar surface area (TPSA) is 58.6 Å². The van der Waals surface area contributed by atoms with Crippen LogP contribution >= 0.6 is 0 Å². The van der Waals surface area contributed by atoms with E-state index in [9.17, 15) is 9.59 Å². The van der Waals surface area contributed by atoms with Crippen LogP contribution in [0.4, 0.5) is 4.79 Å². The Balaban J connectivity index is 1.68. The first-order chi connectivity index (χ1) is 18.7. The first kappa shape index (κ1) is 30.5. The summed E-state index contributed by atoms with van der Waals surface area (Å²) in [6, 6.07) is 2.04. The number of rotatable bonds is 8. The van der Waals surface area contributed by atoms with Crippen molar-refractivity contribution in [1.82, 2.24) is 10.2 Å². The number of ether oxygens (including phenoxy) is 1. The van der Waals surface area contributed by atoms with Crippen molar-refractivity contribution < 1.29 is 14.3 Å². The maximum absolute atomic E-state index is 13.3. The Morgan fingerprint density at radius 3 is 2.18 bits per heavy atom. The van der Waals surface area contributed by atoms with E-state index in [-0.39, 0.29) is 24.0 Å². The van der Waals surface area contributed by atoms with Gasteiger partial charge in [-0.25, -0.2) is 4.79 Å². The van der Waals surface area contributed by atoms with E-state index in [2.05, 4.69) is 51.2 Å². The smallest absolute Gasteiger partial charge is 0.324 e. The van der Waals surface area contributed by atoms with Gasteiger partial charge < -0.3 is 10.1 Å². The highest BCUT2D eigenvalue weighted by Gasteiger charge is 2.31. The largest absolute Gasteiger partial charge is 0.496 e. The van der Waals surface area contributed by atoms with Gasteiger partial charge in [-0.3, -0.25) is 9.69 Å². The number of carbonyl (C=O) groups excluding carboxylic acids is 2. The fraction of sp³-hybridized carbons (Fsp3) is 0.529. The third kappa shape index (κ3) is 8.71. The fourth-order valence-corrected chi connectivity index (χ4v) is 5.74. The van der Waals surface area contributed by atoms with Gasteiger partial charge in [-0.05, 0) is 94.2 Å². The van der Waals surface area contributed by atoms with Crippen molar-refractivity contribution in [2.45, 2.75) is 111 Å². The Morgan fingerprint density at radius 1 is 0.897 bits per heavy atom. The molecule has 0 bridgehead atoms. The van der Waals surface area contributed by atoms with Crippen LogP contribution in [0, 0.1) is 20.8 Å². The summed E-state index contributed by atoms with van der Waals surface area (Å²) >= 11 is 0. The number of allylic oxidation sites excluding steroid dienone is 6. The van der Waals surface area contributed by atoms with Crippen LogP contribution in [0.2, 0.25) is 0 Å². The molecule has 2 fully saturated rings. The van der Waals surface area contributed by atoms with Gasteiger partial charge in [0.25, 0.3) is 5.91 Å². The second kappa shape index (κ2) is 14.9. The minimum absolute atomic E-state index is 0.0105. The molecule has 5 nitrogen and oxygen atoms in total. The number of aryl methyl sites for hydroxylation is 1. The molecule has 0 aliphatic heterocycles. The zero-order valence-electron chi connectivity index (χ0n) is 24.9. The van der Waals surface area contributed by atoms with Crippen LogP contribution in [-0.4, -0.2) is 36.0 Å². The molecule has 0 saturated heterocycles. The molecule has 39 heavy (non-hydrogen) atoms. The summed E-state index contributed by atoms with van der Waals surface area (Å²) in [4.78, 5) is 28.1. The summed E-state index contributed by atoms with van der Waals surface area (Å²) in [5, 5.41) is 3.17. The molecule has 2 saturated carbocycles. The Bertz CT molecular complexity index is 1130. The highest BCUT2D eigenvalue weighted by Crippen LogP contribution is 2.29. The van der Waals surface area contributed by atoms with Crippen LogP contribution in [0.25, 0.3) is 6.08 Å². The fourth-order valence-electron chi connectivity index (χ4n) is 5.74. The van der Waals surface area contributed by atoms with E-state index in [4.69, 9.17) is 4.74 Å². The van der Waals surface area contributed by atoms with Crippen LogP contribution in [0.5, 0.6) is 5.75 Å². The first-order valence-electron chi connectivity index (χ1n) is 14.7. The molecular formula is C34H48N2O3. The molecule has 2 aliphatic carbocycles. The van der Waals surface area contributed by atoms with Crippen LogP contribution in [-0.2, 0) is 4.79 Å². The Hall–Kier alpha value is -3.08. The maximum atomic E-state index is 13.3. The molecule has 0 spiro atoms. The summed E-state index contributed by atoms with van der Waals surface area (Å²) < 4.78 is 5.49. The van der Waals surface area contributed by atoms with Crippen molar-refractivity contribution in [3.63, 3.8) is 0 Å². The monoisotopic (exact) mass is 532 g/mol. The molecule has 1 aromatic rings. The molecule has 0 heterocycles. The van der Waals surface area contributed by atoms with E-state index < -0.39 is 0 Å². The quantitative estimate of drug-likeness (QED) is 0.271. The molecule has 1 aromatic carbocycles. The van der Waals surface area contributed by atoms with E-state index in [1.165, 1.54) is 34.4 Å². The number of carbonyl (C=O) groups is 2. The van der Waals surface area contributed by atoms with E-state index in [1.54, 1.807) is 13.2 Å². The highest BCUT2D eigenvalue weighted by molar-refractivity contribution is 6.01. The number of imide groups is 1. The molecule has 3 amide bonds. The standard InChI is InChI=1S/C34H48N2O3/c1-24(20-21-31-26(3)23-32(39-6)28(5)27(31)4)14-13-15-25(2)22-33(37)36(30-18-11-8-12-19-30)34(38)35-29-16-9-7-10-17-29/h13-15,20-23,29-30H,7-12,16-19H2,1-6H3,(H,35,38)/b15-13+,21-20+,24-14+,25-22+. The van der Waals surface area contributed by atoms with Crippen LogP contribution in [0.1, 0.15) is 100 Å². The summed E-state index contributed by atoms with van der Waals surface area (Å²) in [5.74, 6) is 0.710. The average molecular weight is 533 g/mol. The highest BCUT2D eigenvalue weighted by atomic mass is 16.5. The lowest BCUT2D eigenvalue weighted by molar-refractivity contribution is -0.125. The van der Waals surface area contributed by atoms with Crippen molar-refractivity contribution >= 4 is 18.0 Å². The summed E-state index contributed by atoms with van der Waals surface area (Å²) in [6.07, 6.45) is 22.4. The number of urea groups is 1. The molecule has 0 atom stereocenters. The van der Waals surface area contributed by atoms with Crippen molar-refractivity contribution in [2.75, 3.05) is 7.11 Å². The molecule has 212 valence electrons. The summed E-state index contributed by atoms with van der Waals surface area (Å²) in [5.41, 5.74) is 6.70. The summed E-state index contributed by atoms with van der Waals surface area (Å²) in [7, 11) is 1.71. The van der Waals surface area contributed by atoms with Crippen LogP contribution in [0.15, 0.2) is 47.6 Å². The molecule has 1 N–H and O–H groups in total. The van der Waals surface area contributed by atoms with Crippen molar-refractivity contribution in [3.05, 3.63) is 69.8 Å². The maximum Gasteiger partial charge on any atom is 0.324 e. The molecule has 0 unspecified atom stereocenters. The molecule has 3 rings (SSSR count). The minimum Gasteiger partial charge on any atom is -0.496 e. The van der Waals surface area contributed by atoms with Gasteiger partial charge in [0.2, 0.25) is 0 Å². The molecule has 0 aromatic heterocycles. The average Bonchev–Trinajstić information content (AvgIpc) is 2.91. The minimum atomic E-state index is -0.216. The van der Waals surface area contributed by atoms with Gasteiger partial charge in [0.1, 0.15) is 5.75 Å². The number of methoxy groups -OCH3 is 1. The van der Waals surface area contributed by atoms with Gasteiger partial charge >= 0.3 is 6.03 Å². The van der Waals surface area contributed by atoms with Crippen LogP contribution < -0.4 is 10.1 Å². The van der Waals surface area contributed by atoms with Crippen molar-refractivity contribution in [1.29, 1.82) is 0 Å². The Labute approximate surface area is 236 Å². The summed E-state index contributed by atoms with van der Waals surface area (Å²) in [6.45, 7) is 10.3. The number of amides is 3. The molecule has 0 radical (unpaired) electrons. The lowest BCUT2D eigenvalue weighted by Crippen LogP contribution is -2.52. The Kier molecular flexibility index (Phi) is 11.6. The predicted octanol–water partition coefficient (Wildman–Crippen LogP) is 8.29. The number of nitrogens with one attached hydrogen (secondary N) is 1. The van der Waals surface area contributed by atoms with Gasteiger partial charge in [-0.15, -0.1) is 0 Å². The van der Waals surface area contributed by atoms with Crippen LogP contribution in [0.3, 0.4) is 0 Å². The zero-order chi connectivity index (χ0) is 28.4. The van der Waals surface area contributed by atoms with E-state index >= 15 is 0 Å². The van der Waals surface area contributed by atoms with Crippen molar-refractivity contribution in [2.24, 2.45) is 0 Å². The third-order valence-corrected chi connectivity index (χ3v) is 8.24. The van der Waals surface area contributed by atoms with Gasteiger partial charge in [-0.2, -0.15) is 0 Å².